The molecule has 1 N–H and O–H groups in total. The first kappa shape index (κ1) is 11.4. The smallest absolute Gasteiger partial charge is 0.0206 e. The van der Waals surface area contributed by atoms with Crippen molar-refractivity contribution in [3.8, 4) is 0 Å². The van der Waals surface area contributed by atoms with Gasteiger partial charge in [-0.05, 0) is 37.5 Å². The van der Waals surface area contributed by atoms with Crippen molar-refractivity contribution in [3.63, 3.8) is 0 Å². The fourth-order valence-electron chi connectivity index (χ4n) is 2.16. The van der Waals surface area contributed by atoms with E-state index in [4.69, 9.17) is 0 Å². The van der Waals surface area contributed by atoms with Crippen LogP contribution < -0.4 is 5.32 Å². The second-order valence-electron chi connectivity index (χ2n) is 4.54. The second-order valence-corrected chi connectivity index (χ2v) is 6.36. The number of hydrogen-bond acceptors (Lipinski definition) is 2. The average molecular weight is 201 g/mol. The maximum absolute atomic E-state index is 3.46. The molecule has 1 nitrogen and oxygen atoms in total. The minimum Gasteiger partial charge on any atom is -0.316 e. The summed E-state index contributed by atoms with van der Waals surface area (Å²) in [5, 5.41) is 5.07. The number of hydrogen-bond donors (Lipinski definition) is 1. The molecule has 3 unspecified atom stereocenters. The van der Waals surface area contributed by atoms with Crippen molar-refractivity contribution in [2.75, 3.05) is 7.05 Å². The Bertz CT molecular complexity index is 145. The van der Waals surface area contributed by atoms with Crippen LogP contribution in [0.3, 0.4) is 0 Å². The molecule has 0 aromatic heterocycles. The van der Waals surface area contributed by atoms with E-state index in [2.05, 4.69) is 44.9 Å². The molecule has 3 atom stereocenters. The first-order valence-electron chi connectivity index (χ1n) is 5.46. The molecule has 0 bridgehead atoms. The summed E-state index contributed by atoms with van der Waals surface area (Å²) >= 11 is 2.15. The highest BCUT2D eigenvalue weighted by atomic mass is 32.2. The average Bonchev–Trinajstić information content (AvgIpc) is 2.03. The minimum atomic E-state index is 0.753. The molecule has 0 aromatic carbocycles. The molecule has 13 heavy (non-hydrogen) atoms. The van der Waals surface area contributed by atoms with Crippen LogP contribution in [-0.4, -0.2) is 23.6 Å². The fraction of sp³-hybridized carbons (Fsp3) is 1.00. The normalized spacial score (nSPS) is 35.3. The van der Waals surface area contributed by atoms with E-state index < -0.39 is 0 Å². The van der Waals surface area contributed by atoms with Gasteiger partial charge in [0.05, 0.1) is 0 Å². The predicted molar refractivity (Wildman–Crippen MR) is 62.4 cm³/mol. The Balaban J connectivity index is 2.44. The van der Waals surface area contributed by atoms with Gasteiger partial charge in [0, 0.05) is 11.3 Å². The quantitative estimate of drug-likeness (QED) is 0.753. The molecule has 2 heteroatoms. The Labute approximate surface area is 87.1 Å². The van der Waals surface area contributed by atoms with Crippen molar-refractivity contribution in [2.45, 2.75) is 56.6 Å². The summed E-state index contributed by atoms with van der Waals surface area (Å²) in [4.78, 5) is 0. The van der Waals surface area contributed by atoms with Gasteiger partial charge in [0.2, 0.25) is 0 Å². The van der Waals surface area contributed by atoms with Gasteiger partial charge in [-0.1, -0.05) is 20.8 Å². The topological polar surface area (TPSA) is 12.0 Å². The molecule has 0 saturated heterocycles. The number of thioether (sulfide) groups is 1. The first-order valence-corrected chi connectivity index (χ1v) is 6.40. The molecule has 78 valence electrons. The second kappa shape index (κ2) is 5.26. The molecule has 0 aliphatic heterocycles. The standard InChI is InChI=1S/C11H23NS/c1-8(2)13-11-7-9(3)5-6-10(11)12-4/h8-12H,5-7H2,1-4H3. The Kier molecular flexibility index (Phi) is 4.60. The molecular formula is C11H23NS. The summed E-state index contributed by atoms with van der Waals surface area (Å²) in [6.45, 7) is 6.99. The molecule has 0 aromatic rings. The molecule has 1 fully saturated rings. The van der Waals surface area contributed by atoms with Crippen LogP contribution in [0.25, 0.3) is 0 Å². The maximum atomic E-state index is 3.46. The fourth-order valence-corrected chi connectivity index (χ4v) is 3.76. The van der Waals surface area contributed by atoms with Crippen LogP contribution in [0.15, 0.2) is 0 Å². The summed E-state index contributed by atoms with van der Waals surface area (Å²) in [6.07, 6.45) is 4.16. The van der Waals surface area contributed by atoms with E-state index in [0.717, 1.165) is 22.5 Å². The summed E-state index contributed by atoms with van der Waals surface area (Å²) in [6, 6.07) is 0.753. The van der Waals surface area contributed by atoms with E-state index in [1.807, 2.05) is 0 Å². The van der Waals surface area contributed by atoms with Crippen LogP contribution in [0.5, 0.6) is 0 Å². The van der Waals surface area contributed by atoms with Crippen LogP contribution in [0, 0.1) is 5.92 Å². The zero-order valence-electron chi connectivity index (χ0n) is 9.34. The monoisotopic (exact) mass is 201 g/mol. The van der Waals surface area contributed by atoms with E-state index >= 15 is 0 Å². The van der Waals surface area contributed by atoms with Crippen molar-refractivity contribution in [3.05, 3.63) is 0 Å². The molecule has 0 radical (unpaired) electrons. The lowest BCUT2D eigenvalue weighted by Gasteiger charge is -2.35. The third-order valence-corrected chi connectivity index (χ3v) is 4.29. The predicted octanol–water partition coefficient (Wildman–Crippen LogP) is 2.90. The van der Waals surface area contributed by atoms with Crippen molar-refractivity contribution in [1.82, 2.24) is 5.32 Å². The van der Waals surface area contributed by atoms with Crippen LogP contribution in [0.2, 0.25) is 0 Å². The zero-order chi connectivity index (χ0) is 9.84. The van der Waals surface area contributed by atoms with Crippen molar-refractivity contribution in [1.29, 1.82) is 0 Å². The van der Waals surface area contributed by atoms with E-state index in [1.54, 1.807) is 0 Å². The molecule has 1 aliphatic rings. The van der Waals surface area contributed by atoms with Crippen LogP contribution >= 0.6 is 11.8 Å². The summed E-state index contributed by atoms with van der Waals surface area (Å²) in [7, 11) is 2.11. The lowest BCUT2D eigenvalue weighted by molar-refractivity contribution is 0.328. The highest BCUT2D eigenvalue weighted by Crippen LogP contribution is 2.34. The number of nitrogens with one attached hydrogen (secondary N) is 1. The Morgan fingerprint density at radius 1 is 1.31 bits per heavy atom. The zero-order valence-corrected chi connectivity index (χ0v) is 10.2. The van der Waals surface area contributed by atoms with E-state index in [0.29, 0.717) is 0 Å². The highest BCUT2D eigenvalue weighted by Gasteiger charge is 2.28. The van der Waals surface area contributed by atoms with E-state index in [9.17, 15) is 0 Å². The third-order valence-electron chi connectivity index (χ3n) is 2.87. The SMILES string of the molecule is CNC1CCC(C)CC1SC(C)C. The van der Waals surface area contributed by atoms with Crippen molar-refractivity contribution in [2.24, 2.45) is 5.92 Å². The van der Waals surface area contributed by atoms with Gasteiger partial charge in [0.15, 0.2) is 0 Å². The molecule has 1 rings (SSSR count). The van der Waals surface area contributed by atoms with Crippen molar-refractivity contribution < 1.29 is 0 Å². The lowest BCUT2D eigenvalue weighted by atomic mass is 9.87. The van der Waals surface area contributed by atoms with Crippen LogP contribution in [0.1, 0.15) is 40.0 Å². The number of rotatable bonds is 3. The Morgan fingerprint density at radius 2 is 2.00 bits per heavy atom. The van der Waals surface area contributed by atoms with E-state index in [1.165, 1.54) is 19.3 Å². The Hall–Kier alpha value is 0.310. The van der Waals surface area contributed by atoms with Crippen molar-refractivity contribution >= 4 is 11.8 Å². The van der Waals surface area contributed by atoms with Gasteiger partial charge >= 0.3 is 0 Å². The van der Waals surface area contributed by atoms with E-state index in [-0.39, 0.29) is 0 Å². The Morgan fingerprint density at radius 3 is 2.54 bits per heavy atom. The van der Waals surface area contributed by atoms with Gasteiger partial charge in [-0.2, -0.15) is 11.8 Å². The molecule has 0 heterocycles. The lowest BCUT2D eigenvalue weighted by Crippen LogP contribution is -2.40. The third kappa shape index (κ3) is 3.51. The van der Waals surface area contributed by atoms with Gasteiger partial charge in [0.1, 0.15) is 0 Å². The summed E-state index contributed by atoms with van der Waals surface area (Å²) in [5.74, 6) is 0.931. The summed E-state index contributed by atoms with van der Waals surface area (Å²) < 4.78 is 0. The highest BCUT2D eigenvalue weighted by molar-refractivity contribution is 8.00. The van der Waals surface area contributed by atoms with Gasteiger partial charge < -0.3 is 5.32 Å². The van der Waals surface area contributed by atoms with Crippen LogP contribution in [0.4, 0.5) is 0 Å². The molecular weight excluding hydrogens is 178 g/mol. The molecule has 1 aliphatic carbocycles. The molecule has 0 amide bonds. The maximum Gasteiger partial charge on any atom is 0.0206 e. The largest absolute Gasteiger partial charge is 0.316 e. The molecule has 0 spiro atoms. The van der Waals surface area contributed by atoms with Gasteiger partial charge in [0.25, 0.3) is 0 Å². The van der Waals surface area contributed by atoms with Crippen LogP contribution in [-0.2, 0) is 0 Å². The first-order chi connectivity index (χ1) is 6.13. The van der Waals surface area contributed by atoms with Gasteiger partial charge in [-0.3, -0.25) is 0 Å². The molecule has 1 saturated carbocycles. The summed E-state index contributed by atoms with van der Waals surface area (Å²) in [5.41, 5.74) is 0. The minimum absolute atomic E-state index is 0.753. The van der Waals surface area contributed by atoms with Gasteiger partial charge in [-0.15, -0.1) is 0 Å². The van der Waals surface area contributed by atoms with Gasteiger partial charge in [-0.25, -0.2) is 0 Å².